The third kappa shape index (κ3) is 2.05. The Morgan fingerprint density at radius 1 is 1.40 bits per heavy atom. The molecule has 1 N–H and O–H groups in total. The predicted molar refractivity (Wildman–Crippen MR) is 61.4 cm³/mol. The van der Waals surface area contributed by atoms with Gasteiger partial charge < -0.3 is 9.72 Å². The van der Waals surface area contributed by atoms with Crippen molar-refractivity contribution >= 4 is 12.2 Å². The van der Waals surface area contributed by atoms with E-state index in [0.29, 0.717) is 4.64 Å². The molecule has 0 radical (unpaired) electrons. The summed E-state index contributed by atoms with van der Waals surface area (Å²) in [6.45, 7) is 0. The van der Waals surface area contributed by atoms with Gasteiger partial charge in [-0.15, -0.1) is 0 Å². The fraction of sp³-hybridized carbons (Fsp3) is 0.0909. The quantitative estimate of drug-likeness (QED) is 0.788. The van der Waals surface area contributed by atoms with Gasteiger partial charge >= 0.3 is 0 Å². The van der Waals surface area contributed by atoms with Crippen LogP contribution in [0.4, 0.5) is 0 Å². The van der Waals surface area contributed by atoms with Crippen molar-refractivity contribution in [2.24, 2.45) is 0 Å². The van der Waals surface area contributed by atoms with E-state index in [1.807, 2.05) is 24.3 Å². The highest BCUT2D eigenvalue weighted by atomic mass is 32.1. The Bertz CT molecular complexity index is 522. The molecule has 0 aliphatic rings. The first-order valence-corrected chi connectivity index (χ1v) is 4.90. The Hall–Kier alpha value is -1.68. The Kier molecular flexibility index (Phi) is 2.78. The highest BCUT2D eigenvalue weighted by molar-refractivity contribution is 7.71. The van der Waals surface area contributed by atoms with E-state index >= 15 is 0 Å². The molecule has 0 amide bonds. The van der Waals surface area contributed by atoms with Gasteiger partial charge in [0.25, 0.3) is 0 Å². The highest BCUT2D eigenvalue weighted by Crippen LogP contribution is 2.21. The van der Waals surface area contributed by atoms with Crippen molar-refractivity contribution in [2.75, 3.05) is 7.11 Å². The topological polar surface area (TPSA) is 37.9 Å². The summed E-state index contributed by atoms with van der Waals surface area (Å²) in [5.41, 5.74) is 1.72. The van der Waals surface area contributed by atoms with Crippen molar-refractivity contribution < 1.29 is 4.74 Å². The van der Waals surface area contributed by atoms with Crippen LogP contribution in [0.1, 0.15) is 0 Å². The first kappa shape index (κ1) is 9.86. The maximum absolute atomic E-state index is 5.15. The summed E-state index contributed by atoms with van der Waals surface area (Å²) < 4.78 is 5.77. The van der Waals surface area contributed by atoms with Crippen molar-refractivity contribution in [1.29, 1.82) is 0 Å². The van der Waals surface area contributed by atoms with Gasteiger partial charge in [-0.1, -0.05) is 24.4 Å². The molecule has 0 bridgehead atoms. The fourth-order valence-electron chi connectivity index (χ4n) is 1.33. The summed E-state index contributed by atoms with van der Waals surface area (Å²) in [6.07, 6.45) is 3.40. The van der Waals surface area contributed by atoms with Gasteiger partial charge in [0.05, 0.1) is 7.11 Å². The van der Waals surface area contributed by atoms with E-state index in [-0.39, 0.29) is 0 Å². The second-order valence-electron chi connectivity index (χ2n) is 3.00. The molecule has 76 valence electrons. The van der Waals surface area contributed by atoms with Gasteiger partial charge in [0.2, 0.25) is 0 Å². The molecule has 0 aliphatic carbocycles. The Balaban J connectivity index is 2.54. The lowest BCUT2D eigenvalue weighted by Crippen LogP contribution is -1.88. The third-order valence-corrected chi connectivity index (χ3v) is 2.36. The van der Waals surface area contributed by atoms with Crippen molar-refractivity contribution in [2.45, 2.75) is 0 Å². The normalized spacial score (nSPS) is 9.93. The van der Waals surface area contributed by atoms with Crippen LogP contribution in [-0.2, 0) is 0 Å². The molecule has 1 aromatic carbocycles. The zero-order valence-corrected chi connectivity index (χ0v) is 9.04. The molecule has 2 rings (SSSR count). The molecule has 0 spiro atoms. The monoisotopic (exact) mass is 218 g/mol. The molecule has 0 saturated heterocycles. The summed E-state index contributed by atoms with van der Waals surface area (Å²) in [5.74, 6) is 0.799. The summed E-state index contributed by atoms with van der Waals surface area (Å²) in [7, 11) is 1.64. The van der Waals surface area contributed by atoms with Gasteiger partial charge in [0.1, 0.15) is 16.1 Å². The minimum Gasteiger partial charge on any atom is -0.497 e. The SMILES string of the molecule is COc1cccc(-c2ncc[nH]c2=S)c1. The molecule has 15 heavy (non-hydrogen) atoms. The van der Waals surface area contributed by atoms with E-state index in [1.54, 1.807) is 19.5 Å². The third-order valence-electron chi connectivity index (χ3n) is 2.05. The van der Waals surface area contributed by atoms with E-state index in [4.69, 9.17) is 17.0 Å². The number of aromatic amines is 1. The fourth-order valence-corrected chi connectivity index (χ4v) is 1.57. The van der Waals surface area contributed by atoms with Crippen LogP contribution in [0.3, 0.4) is 0 Å². The molecule has 0 atom stereocenters. The van der Waals surface area contributed by atoms with Gasteiger partial charge in [-0.2, -0.15) is 0 Å². The average molecular weight is 218 g/mol. The maximum Gasteiger partial charge on any atom is 0.129 e. The lowest BCUT2D eigenvalue weighted by Gasteiger charge is -2.03. The number of hydrogen-bond acceptors (Lipinski definition) is 3. The van der Waals surface area contributed by atoms with Gasteiger partial charge in [-0.3, -0.25) is 4.98 Å². The zero-order chi connectivity index (χ0) is 10.7. The molecule has 0 saturated carbocycles. The van der Waals surface area contributed by atoms with Crippen LogP contribution in [0, 0.1) is 4.64 Å². The molecular weight excluding hydrogens is 208 g/mol. The standard InChI is InChI=1S/C11H10N2OS/c1-14-9-4-2-3-8(7-9)10-11(15)13-6-5-12-10/h2-7H,1H3,(H,13,15). The summed E-state index contributed by atoms with van der Waals surface area (Å²) in [4.78, 5) is 7.18. The number of nitrogens with one attached hydrogen (secondary N) is 1. The molecule has 3 nitrogen and oxygen atoms in total. The lowest BCUT2D eigenvalue weighted by molar-refractivity contribution is 0.415. The minimum absolute atomic E-state index is 0.630. The molecule has 2 aromatic rings. The van der Waals surface area contributed by atoms with Crippen molar-refractivity contribution in [3.8, 4) is 17.0 Å². The average Bonchev–Trinajstić information content (AvgIpc) is 2.30. The van der Waals surface area contributed by atoms with Crippen LogP contribution in [0.2, 0.25) is 0 Å². The van der Waals surface area contributed by atoms with Crippen molar-refractivity contribution in [3.63, 3.8) is 0 Å². The zero-order valence-electron chi connectivity index (χ0n) is 8.23. The smallest absolute Gasteiger partial charge is 0.129 e. The molecular formula is C11H10N2OS. The molecule has 1 heterocycles. The summed E-state index contributed by atoms with van der Waals surface area (Å²) in [5, 5.41) is 0. The number of rotatable bonds is 2. The minimum atomic E-state index is 0.630. The van der Waals surface area contributed by atoms with Gasteiger partial charge in [0.15, 0.2) is 0 Å². The Labute approximate surface area is 92.8 Å². The molecule has 1 aromatic heterocycles. The van der Waals surface area contributed by atoms with Crippen LogP contribution < -0.4 is 4.74 Å². The second-order valence-corrected chi connectivity index (χ2v) is 3.41. The van der Waals surface area contributed by atoms with Crippen molar-refractivity contribution in [3.05, 3.63) is 41.3 Å². The number of benzene rings is 1. The van der Waals surface area contributed by atoms with Gasteiger partial charge in [-0.05, 0) is 12.1 Å². The number of aromatic nitrogens is 2. The van der Waals surface area contributed by atoms with Crippen LogP contribution in [0.15, 0.2) is 36.7 Å². The molecule has 0 unspecified atom stereocenters. The Morgan fingerprint density at radius 3 is 3.00 bits per heavy atom. The number of methoxy groups -OCH3 is 1. The predicted octanol–water partition coefficient (Wildman–Crippen LogP) is 2.81. The number of H-pyrrole nitrogens is 1. The number of ether oxygens (including phenoxy) is 1. The largest absolute Gasteiger partial charge is 0.497 e. The van der Waals surface area contributed by atoms with Gasteiger partial charge in [-0.25, -0.2) is 0 Å². The molecule has 4 heteroatoms. The first-order chi connectivity index (χ1) is 7.31. The van der Waals surface area contributed by atoms with Crippen molar-refractivity contribution in [1.82, 2.24) is 9.97 Å². The van der Waals surface area contributed by atoms with Gasteiger partial charge in [0, 0.05) is 18.0 Å². The number of hydrogen-bond donors (Lipinski definition) is 1. The molecule has 0 aliphatic heterocycles. The van der Waals surface area contributed by atoms with E-state index in [2.05, 4.69) is 9.97 Å². The number of nitrogens with zero attached hydrogens (tertiary/aromatic N) is 1. The molecule has 0 fully saturated rings. The summed E-state index contributed by atoms with van der Waals surface area (Å²) >= 11 is 5.15. The van der Waals surface area contributed by atoms with E-state index in [9.17, 15) is 0 Å². The summed E-state index contributed by atoms with van der Waals surface area (Å²) in [6, 6.07) is 7.66. The Morgan fingerprint density at radius 2 is 2.27 bits per heavy atom. The van der Waals surface area contributed by atoms with Crippen LogP contribution >= 0.6 is 12.2 Å². The maximum atomic E-state index is 5.15. The van der Waals surface area contributed by atoms with Crippen LogP contribution in [-0.4, -0.2) is 17.1 Å². The van der Waals surface area contributed by atoms with Crippen LogP contribution in [0.25, 0.3) is 11.3 Å². The van der Waals surface area contributed by atoms with Crippen LogP contribution in [0.5, 0.6) is 5.75 Å². The van der Waals surface area contributed by atoms with E-state index < -0.39 is 0 Å². The van der Waals surface area contributed by atoms with E-state index in [0.717, 1.165) is 17.0 Å². The first-order valence-electron chi connectivity index (χ1n) is 4.49. The second kappa shape index (κ2) is 4.23. The van der Waals surface area contributed by atoms with E-state index in [1.165, 1.54) is 0 Å². The highest BCUT2D eigenvalue weighted by Gasteiger charge is 2.02. The lowest BCUT2D eigenvalue weighted by atomic mass is 10.1.